The molecule has 0 amide bonds. The molecule has 0 fully saturated rings. The summed E-state index contributed by atoms with van der Waals surface area (Å²) in [5.74, 6) is -15.6. The van der Waals surface area contributed by atoms with Crippen molar-refractivity contribution >= 4 is 50.5 Å². The van der Waals surface area contributed by atoms with Crippen LogP contribution in [0.1, 0.15) is 0 Å². The van der Waals surface area contributed by atoms with Crippen LogP contribution < -0.4 is 0 Å². The monoisotopic (exact) mass is 459 g/mol. The third-order valence-electron chi connectivity index (χ3n) is 2.32. The number of rotatable bonds is 4. The Morgan fingerprint density at radius 3 is 1.12 bits per heavy atom. The minimum absolute atomic E-state index is 0.114. The number of nitrogens with zero attached hydrogens (tertiary/aromatic N) is 2. The summed E-state index contributed by atoms with van der Waals surface area (Å²) in [7, 11) is 0. The Labute approximate surface area is 152 Å². The standard InChI is InChI=1S/C10HF8N2PS4/c11-1-5(2(12)8(16)19-7(1)15)24-21(22,23)25-6-3(13)9(17)20-10(18)4(6)14/h(H,22,23)/p-1. The van der Waals surface area contributed by atoms with E-state index in [0.717, 1.165) is 0 Å². The van der Waals surface area contributed by atoms with Gasteiger partial charge >= 0.3 is 0 Å². The van der Waals surface area contributed by atoms with Crippen LogP contribution in [0.4, 0.5) is 35.1 Å². The van der Waals surface area contributed by atoms with E-state index in [1.165, 1.54) is 0 Å². The predicted octanol–water partition coefficient (Wildman–Crippen LogP) is 5.25. The molecule has 0 aromatic carbocycles. The lowest BCUT2D eigenvalue weighted by Crippen LogP contribution is -2.02. The van der Waals surface area contributed by atoms with E-state index in [1.807, 2.05) is 0 Å². The van der Waals surface area contributed by atoms with Crippen LogP contribution in [0, 0.1) is 47.1 Å². The summed E-state index contributed by atoms with van der Waals surface area (Å²) >= 11 is 9.32. The van der Waals surface area contributed by atoms with Crippen molar-refractivity contribution in [2.75, 3.05) is 0 Å². The summed E-state index contributed by atoms with van der Waals surface area (Å²) in [6, 6.07) is 0. The molecule has 2 nitrogen and oxygen atoms in total. The molecule has 0 bridgehead atoms. The van der Waals surface area contributed by atoms with Crippen molar-refractivity contribution in [2.45, 2.75) is 9.79 Å². The van der Waals surface area contributed by atoms with E-state index >= 15 is 0 Å². The molecule has 2 heterocycles. The predicted molar refractivity (Wildman–Crippen MR) is 81.5 cm³/mol. The molecule has 0 saturated heterocycles. The zero-order valence-electron chi connectivity index (χ0n) is 11.0. The van der Waals surface area contributed by atoms with Crippen molar-refractivity contribution in [3.63, 3.8) is 0 Å². The normalized spacial score (nSPS) is 11.9. The fourth-order valence-corrected chi connectivity index (χ4v) is 9.26. The molecule has 0 unspecified atom stereocenters. The topological polar surface area (TPSA) is 25.8 Å². The highest BCUT2D eigenvalue weighted by molar-refractivity contribution is 9.17. The highest BCUT2D eigenvalue weighted by Gasteiger charge is 2.27. The molecule has 2 aromatic rings. The number of aromatic nitrogens is 2. The molecule has 0 saturated carbocycles. The first-order valence-electron chi connectivity index (χ1n) is 5.54. The van der Waals surface area contributed by atoms with Gasteiger partial charge in [0.2, 0.25) is 0 Å². The molecular weight excluding hydrogens is 459 g/mol. The maximum atomic E-state index is 13.6. The molecule has 2 rings (SSSR count). The van der Waals surface area contributed by atoms with E-state index in [1.54, 1.807) is 0 Å². The van der Waals surface area contributed by atoms with Gasteiger partial charge in [-0.05, 0) is 0 Å². The fraction of sp³-hybridized carbons (Fsp3) is 0. The molecule has 136 valence electrons. The van der Waals surface area contributed by atoms with E-state index < -0.39 is 60.5 Å². The van der Waals surface area contributed by atoms with Crippen LogP contribution in [-0.2, 0) is 24.1 Å². The van der Waals surface area contributed by atoms with E-state index in [-0.39, 0.29) is 22.8 Å². The molecule has 0 radical (unpaired) electrons. The Morgan fingerprint density at radius 2 is 0.880 bits per heavy atom. The summed E-state index contributed by atoms with van der Waals surface area (Å²) in [6.07, 6.45) is 0. The first-order chi connectivity index (χ1) is 11.4. The third kappa shape index (κ3) is 4.41. The van der Waals surface area contributed by atoms with Crippen molar-refractivity contribution in [2.24, 2.45) is 0 Å². The van der Waals surface area contributed by atoms with Crippen LogP contribution in [0.2, 0.25) is 0 Å². The van der Waals surface area contributed by atoms with Crippen molar-refractivity contribution < 1.29 is 35.1 Å². The Kier molecular flexibility index (Phi) is 6.30. The van der Waals surface area contributed by atoms with Crippen molar-refractivity contribution in [1.82, 2.24) is 9.97 Å². The molecule has 0 spiro atoms. The van der Waals surface area contributed by atoms with Gasteiger partial charge in [0.1, 0.15) is 0 Å². The lowest BCUT2D eigenvalue weighted by molar-refractivity contribution is 0.383. The SMILES string of the molecule is Fc1nc(F)c(F)c(SP(=S)([S-])Sc2c(F)c(F)nc(F)c2F)c1F. The van der Waals surface area contributed by atoms with Gasteiger partial charge in [-0.3, -0.25) is 0 Å². The van der Waals surface area contributed by atoms with E-state index in [0.29, 0.717) is 0 Å². The zero-order chi connectivity index (χ0) is 19.1. The number of halogens is 8. The van der Waals surface area contributed by atoms with E-state index in [9.17, 15) is 35.1 Å². The Morgan fingerprint density at radius 1 is 0.640 bits per heavy atom. The van der Waals surface area contributed by atoms with Gasteiger partial charge < -0.3 is 12.2 Å². The lowest BCUT2D eigenvalue weighted by atomic mass is 10.4. The maximum absolute atomic E-state index is 13.6. The van der Waals surface area contributed by atoms with Crippen LogP contribution in [0.15, 0.2) is 9.79 Å². The van der Waals surface area contributed by atoms with Crippen LogP contribution in [-0.4, -0.2) is 9.97 Å². The summed E-state index contributed by atoms with van der Waals surface area (Å²) in [5.41, 5.74) is 0. The van der Waals surface area contributed by atoms with Crippen LogP contribution in [0.25, 0.3) is 0 Å². The summed E-state index contributed by atoms with van der Waals surface area (Å²) < 4.78 is 103. The largest absolute Gasteiger partial charge is 0.725 e. The average molecular weight is 459 g/mol. The smallest absolute Gasteiger partial charge is 0.252 e. The molecule has 0 N–H and O–H groups in total. The van der Waals surface area contributed by atoms with E-state index in [4.69, 9.17) is 24.1 Å². The van der Waals surface area contributed by atoms with Crippen LogP contribution in [0.3, 0.4) is 0 Å². The molecule has 0 atom stereocenters. The maximum Gasteiger partial charge on any atom is 0.252 e. The summed E-state index contributed by atoms with van der Waals surface area (Å²) in [5, 5.41) is 0. The number of hydrogen-bond acceptors (Lipinski definition) is 6. The van der Waals surface area contributed by atoms with Crippen molar-refractivity contribution in [1.29, 1.82) is 0 Å². The van der Waals surface area contributed by atoms with Gasteiger partial charge in [0.05, 0.1) is 9.79 Å². The van der Waals surface area contributed by atoms with Gasteiger partial charge in [0.25, 0.3) is 23.8 Å². The van der Waals surface area contributed by atoms with Gasteiger partial charge in [-0.15, -0.1) is 11.8 Å². The van der Waals surface area contributed by atoms with Crippen LogP contribution >= 0.6 is 26.4 Å². The minimum Gasteiger partial charge on any atom is -0.725 e. The van der Waals surface area contributed by atoms with Crippen molar-refractivity contribution in [3.8, 4) is 0 Å². The molecule has 0 aliphatic rings. The minimum atomic E-state index is -3.76. The second kappa shape index (κ2) is 7.59. The molecule has 25 heavy (non-hydrogen) atoms. The van der Waals surface area contributed by atoms with Gasteiger partial charge in [0, 0.05) is 0 Å². The number of hydrogen-bond donors (Lipinski definition) is 0. The second-order valence-electron chi connectivity index (χ2n) is 3.93. The first-order valence-corrected chi connectivity index (χ1v) is 12.2. The van der Waals surface area contributed by atoms with Gasteiger partial charge in [-0.1, -0.05) is 26.4 Å². The quantitative estimate of drug-likeness (QED) is 0.268. The van der Waals surface area contributed by atoms with Crippen molar-refractivity contribution in [3.05, 3.63) is 47.1 Å². The summed E-state index contributed by atoms with van der Waals surface area (Å²) in [6.45, 7) is 0. The molecular formula is C10F8N2PS4-. The highest BCUT2D eigenvalue weighted by atomic mass is 33.5. The zero-order valence-corrected chi connectivity index (χ0v) is 15.2. The van der Waals surface area contributed by atoms with E-state index in [2.05, 4.69) is 9.97 Å². The molecule has 0 aliphatic carbocycles. The lowest BCUT2D eigenvalue weighted by Gasteiger charge is -2.27. The molecule has 0 aliphatic heterocycles. The first kappa shape index (κ1) is 20.7. The Balaban J connectivity index is 2.45. The Bertz CT molecular complexity index is 789. The summed E-state index contributed by atoms with van der Waals surface area (Å²) in [4.78, 5) is 2.03. The molecule has 2 aromatic heterocycles. The highest BCUT2D eigenvalue weighted by Crippen LogP contribution is 2.73. The third-order valence-corrected chi connectivity index (χ3v) is 10.3. The van der Waals surface area contributed by atoms with Gasteiger partial charge in [-0.2, -0.15) is 27.5 Å². The van der Waals surface area contributed by atoms with Crippen LogP contribution in [0.5, 0.6) is 0 Å². The Hall–Kier alpha value is -0.560. The number of pyridine rings is 2. The second-order valence-corrected chi connectivity index (χ2v) is 17.8. The van der Waals surface area contributed by atoms with Gasteiger partial charge in [0.15, 0.2) is 23.3 Å². The molecule has 15 heteroatoms. The fourth-order valence-electron chi connectivity index (χ4n) is 1.34. The average Bonchev–Trinajstić information content (AvgIpc) is 2.52. The van der Waals surface area contributed by atoms with Gasteiger partial charge in [-0.25, -0.2) is 17.6 Å².